The average Bonchev–Trinajstić information content (AvgIpc) is 2.28. The number of nitrogens with zero attached hydrogens (tertiary/aromatic N) is 2. The molecule has 0 bridgehead atoms. The number of hydrogen-bond acceptors (Lipinski definition) is 4. The van der Waals surface area contributed by atoms with E-state index >= 15 is 0 Å². The minimum Gasteiger partial charge on any atom is -0.368 e. The Morgan fingerprint density at radius 2 is 2.47 bits per heavy atom. The van der Waals surface area contributed by atoms with Gasteiger partial charge in [-0.1, -0.05) is 13.3 Å². The predicted octanol–water partition coefficient (Wildman–Crippen LogP) is 0.726. The summed E-state index contributed by atoms with van der Waals surface area (Å²) in [6.45, 7) is 4.46. The van der Waals surface area contributed by atoms with Crippen LogP contribution in [0.4, 0.5) is 0 Å². The summed E-state index contributed by atoms with van der Waals surface area (Å²) in [6.07, 6.45) is 1.71. The minimum absolute atomic E-state index is 0.0877. The molecule has 1 saturated heterocycles. The Kier molecular flexibility index (Phi) is 3.91. The molecule has 1 aromatic heterocycles. The standard InChI is InChI=1S/C12H19N3O2/c1-3-4-9-7-11(16)14-12(13-9)10-8-15(2)5-6-17-10/h7,10H,3-6,8H2,1-2H3,(H,13,14,16). The number of morpholine rings is 1. The summed E-state index contributed by atoms with van der Waals surface area (Å²) < 4.78 is 5.65. The molecule has 5 heteroatoms. The third-order valence-corrected chi connectivity index (χ3v) is 2.89. The van der Waals surface area contributed by atoms with Crippen molar-refractivity contribution in [3.8, 4) is 0 Å². The van der Waals surface area contributed by atoms with Gasteiger partial charge < -0.3 is 14.6 Å². The highest BCUT2D eigenvalue weighted by Crippen LogP contribution is 2.17. The Labute approximate surface area is 101 Å². The van der Waals surface area contributed by atoms with Gasteiger partial charge in [0.05, 0.1) is 6.61 Å². The zero-order chi connectivity index (χ0) is 12.3. The van der Waals surface area contributed by atoms with Crippen LogP contribution in [0.5, 0.6) is 0 Å². The fourth-order valence-electron chi connectivity index (χ4n) is 2.01. The molecule has 2 heterocycles. The number of aromatic amines is 1. The van der Waals surface area contributed by atoms with E-state index in [1.165, 1.54) is 0 Å². The van der Waals surface area contributed by atoms with Gasteiger partial charge in [0.15, 0.2) is 0 Å². The maximum Gasteiger partial charge on any atom is 0.251 e. The van der Waals surface area contributed by atoms with E-state index in [0.29, 0.717) is 12.4 Å². The molecule has 1 fully saturated rings. The van der Waals surface area contributed by atoms with Crippen LogP contribution in [0, 0.1) is 0 Å². The first kappa shape index (κ1) is 12.3. The Morgan fingerprint density at radius 3 is 3.18 bits per heavy atom. The summed E-state index contributed by atoms with van der Waals surface area (Å²) in [5, 5.41) is 0. The van der Waals surface area contributed by atoms with E-state index in [0.717, 1.165) is 31.6 Å². The van der Waals surface area contributed by atoms with Crippen LogP contribution in [0.15, 0.2) is 10.9 Å². The second kappa shape index (κ2) is 5.42. The average molecular weight is 237 g/mol. The number of H-pyrrole nitrogens is 1. The van der Waals surface area contributed by atoms with Crippen molar-refractivity contribution in [2.24, 2.45) is 0 Å². The number of hydrogen-bond donors (Lipinski definition) is 1. The lowest BCUT2D eigenvalue weighted by atomic mass is 10.2. The zero-order valence-electron chi connectivity index (χ0n) is 10.4. The van der Waals surface area contributed by atoms with Crippen molar-refractivity contribution < 1.29 is 4.74 Å². The molecular formula is C12H19N3O2. The minimum atomic E-state index is -0.113. The molecule has 0 radical (unpaired) electrons. The molecule has 1 aliphatic rings. The molecule has 0 saturated carbocycles. The summed E-state index contributed by atoms with van der Waals surface area (Å²) in [4.78, 5) is 21.0. The number of rotatable bonds is 3. The Hall–Kier alpha value is -1.20. The van der Waals surface area contributed by atoms with E-state index in [4.69, 9.17) is 4.74 Å². The van der Waals surface area contributed by atoms with E-state index in [1.807, 2.05) is 7.05 Å². The smallest absolute Gasteiger partial charge is 0.251 e. The van der Waals surface area contributed by atoms with Crippen molar-refractivity contribution in [2.75, 3.05) is 26.7 Å². The van der Waals surface area contributed by atoms with Crippen LogP contribution in [0.2, 0.25) is 0 Å². The second-order valence-corrected chi connectivity index (χ2v) is 4.49. The van der Waals surface area contributed by atoms with Crippen molar-refractivity contribution in [2.45, 2.75) is 25.9 Å². The van der Waals surface area contributed by atoms with Gasteiger partial charge in [0.25, 0.3) is 5.56 Å². The molecular weight excluding hydrogens is 218 g/mol. The van der Waals surface area contributed by atoms with E-state index in [1.54, 1.807) is 6.07 Å². The van der Waals surface area contributed by atoms with Gasteiger partial charge in [-0.25, -0.2) is 4.98 Å². The first-order valence-corrected chi connectivity index (χ1v) is 6.09. The number of likely N-dealkylation sites (N-methyl/N-ethyl adjacent to an activating group) is 1. The van der Waals surface area contributed by atoms with E-state index in [2.05, 4.69) is 21.8 Å². The van der Waals surface area contributed by atoms with Gasteiger partial charge >= 0.3 is 0 Å². The molecule has 5 nitrogen and oxygen atoms in total. The maximum atomic E-state index is 11.5. The van der Waals surface area contributed by atoms with E-state index < -0.39 is 0 Å². The lowest BCUT2D eigenvalue weighted by Gasteiger charge is -2.29. The second-order valence-electron chi connectivity index (χ2n) is 4.49. The zero-order valence-corrected chi connectivity index (χ0v) is 10.4. The molecule has 17 heavy (non-hydrogen) atoms. The van der Waals surface area contributed by atoms with Crippen LogP contribution in [0.3, 0.4) is 0 Å². The molecule has 1 aliphatic heterocycles. The van der Waals surface area contributed by atoms with Crippen molar-refractivity contribution in [1.29, 1.82) is 0 Å². The molecule has 94 valence electrons. The van der Waals surface area contributed by atoms with Crippen molar-refractivity contribution in [3.05, 3.63) is 27.9 Å². The van der Waals surface area contributed by atoms with Crippen LogP contribution < -0.4 is 5.56 Å². The molecule has 1 aromatic rings. The Morgan fingerprint density at radius 1 is 1.65 bits per heavy atom. The summed E-state index contributed by atoms with van der Waals surface area (Å²) in [6, 6.07) is 1.57. The van der Waals surface area contributed by atoms with Crippen molar-refractivity contribution in [1.82, 2.24) is 14.9 Å². The summed E-state index contributed by atoms with van der Waals surface area (Å²) in [5.74, 6) is 0.660. The van der Waals surface area contributed by atoms with Gasteiger partial charge in [-0.15, -0.1) is 0 Å². The van der Waals surface area contributed by atoms with Crippen molar-refractivity contribution >= 4 is 0 Å². The first-order valence-electron chi connectivity index (χ1n) is 6.09. The first-order chi connectivity index (χ1) is 8.19. The van der Waals surface area contributed by atoms with E-state index in [-0.39, 0.29) is 11.7 Å². The number of aryl methyl sites for hydroxylation is 1. The molecule has 0 aromatic carbocycles. The molecule has 2 rings (SSSR count). The summed E-state index contributed by atoms with van der Waals surface area (Å²) >= 11 is 0. The Balaban J connectivity index is 2.21. The lowest BCUT2D eigenvalue weighted by Crippen LogP contribution is -2.36. The van der Waals surface area contributed by atoms with Crippen molar-refractivity contribution in [3.63, 3.8) is 0 Å². The van der Waals surface area contributed by atoms with Crippen LogP contribution in [0.1, 0.15) is 31.0 Å². The van der Waals surface area contributed by atoms with Gasteiger partial charge in [-0.3, -0.25) is 4.79 Å². The number of aromatic nitrogens is 2. The third-order valence-electron chi connectivity index (χ3n) is 2.89. The van der Waals surface area contributed by atoms with Crippen LogP contribution in [-0.4, -0.2) is 41.6 Å². The number of nitrogens with one attached hydrogen (secondary N) is 1. The molecule has 0 spiro atoms. The highest BCUT2D eigenvalue weighted by Gasteiger charge is 2.21. The predicted molar refractivity (Wildman–Crippen MR) is 65.0 cm³/mol. The van der Waals surface area contributed by atoms with Gasteiger partial charge in [-0.2, -0.15) is 0 Å². The topological polar surface area (TPSA) is 58.2 Å². The molecule has 1 N–H and O–H groups in total. The SMILES string of the molecule is CCCc1cc(=O)[nH]c(C2CN(C)CCO2)n1. The monoisotopic (exact) mass is 237 g/mol. The highest BCUT2D eigenvalue weighted by atomic mass is 16.5. The van der Waals surface area contributed by atoms with Gasteiger partial charge in [-0.05, 0) is 13.5 Å². The molecule has 1 unspecified atom stereocenters. The molecule has 0 aliphatic carbocycles. The fraction of sp³-hybridized carbons (Fsp3) is 0.667. The largest absolute Gasteiger partial charge is 0.368 e. The highest BCUT2D eigenvalue weighted by molar-refractivity contribution is 5.05. The summed E-state index contributed by atoms with van der Waals surface area (Å²) in [7, 11) is 2.05. The fourth-order valence-corrected chi connectivity index (χ4v) is 2.01. The quantitative estimate of drug-likeness (QED) is 0.842. The maximum absolute atomic E-state index is 11.5. The van der Waals surface area contributed by atoms with Crippen LogP contribution >= 0.6 is 0 Å². The Bertz CT molecular complexity index is 430. The van der Waals surface area contributed by atoms with Gasteiger partial charge in [0.1, 0.15) is 11.9 Å². The van der Waals surface area contributed by atoms with Crippen LogP contribution in [-0.2, 0) is 11.2 Å². The molecule has 0 amide bonds. The normalized spacial score (nSPS) is 21.6. The van der Waals surface area contributed by atoms with E-state index in [9.17, 15) is 4.79 Å². The van der Waals surface area contributed by atoms with Gasteiger partial charge in [0, 0.05) is 24.8 Å². The third kappa shape index (κ3) is 3.14. The summed E-state index contributed by atoms with van der Waals surface area (Å²) in [5.41, 5.74) is 0.762. The molecule has 1 atom stereocenters. The van der Waals surface area contributed by atoms with Crippen LogP contribution in [0.25, 0.3) is 0 Å². The lowest BCUT2D eigenvalue weighted by molar-refractivity contribution is -0.0257. The number of ether oxygens (including phenoxy) is 1. The van der Waals surface area contributed by atoms with Gasteiger partial charge in [0.2, 0.25) is 0 Å².